The first-order valence-electron chi connectivity index (χ1n) is 8.05. The second kappa shape index (κ2) is 8.36. The van der Waals surface area contributed by atoms with Crippen LogP contribution in [0.2, 0.25) is 5.02 Å². The molecule has 0 aliphatic rings. The highest BCUT2D eigenvalue weighted by Gasteiger charge is 2.11. The molecule has 0 aliphatic carbocycles. The molecule has 0 fully saturated rings. The summed E-state index contributed by atoms with van der Waals surface area (Å²) in [5, 5.41) is 3.45. The Balaban J connectivity index is 1.62. The topological polar surface area (TPSA) is 38.3 Å². The maximum Gasteiger partial charge on any atom is 0.252 e. The number of carbonyl (C=O) groups is 1. The van der Waals surface area contributed by atoms with Gasteiger partial charge in [-0.3, -0.25) is 4.79 Å². The number of ether oxygens (including phenoxy) is 1. The van der Waals surface area contributed by atoms with E-state index >= 15 is 0 Å². The number of nitrogens with one attached hydrogen (secondary N) is 1. The van der Waals surface area contributed by atoms with Crippen LogP contribution in [0, 0.1) is 0 Å². The Morgan fingerprint density at radius 1 is 0.880 bits per heavy atom. The van der Waals surface area contributed by atoms with Gasteiger partial charge in [-0.1, -0.05) is 72.3 Å². The molecule has 0 atom stereocenters. The lowest BCUT2D eigenvalue weighted by atomic mass is 9.99. The van der Waals surface area contributed by atoms with Crippen molar-refractivity contribution in [1.29, 1.82) is 0 Å². The van der Waals surface area contributed by atoms with Gasteiger partial charge in [0.1, 0.15) is 12.4 Å². The summed E-state index contributed by atoms with van der Waals surface area (Å²) in [6.07, 6.45) is 0. The summed E-state index contributed by atoms with van der Waals surface area (Å²) in [4.78, 5) is 12.5. The Kier molecular flexibility index (Phi) is 5.70. The highest BCUT2D eigenvalue weighted by atomic mass is 35.5. The SMILES string of the molecule is O=C(NCCOc1ccccc1Cl)c1ccccc1-c1ccccc1. The number of carbonyl (C=O) groups excluding carboxylic acids is 1. The van der Waals surface area contributed by atoms with Crippen LogP contribution in [0.5, 0.6) is 5.75 Å². The standard InChI is InChI=1S/C21H18ClNO2/c22-19-12-6-7-13-20(19)25-15-14-23-21(24)18-11-5-4-10-17(18)16-8-2-1-3-9-16/h1-13H,14-15H2,(H,23,24). The van der Waals surface area contributed by atoms with E-state index in [1.54, 1.807) is 12.1 Å². The number of amides is 1. The average Bonchev–Trinajstić information content (AvgIpc) is 2.67. The highest BCUT2D eigenvalue weighted by molar-refractivity contribution is 6.32. The van der Waals surface area contributed by atoms with Crippen molar-refractivity contribution in [3.05, 3.63) is 89.4 Å². The number of benzene rings is 3. The zero-order valence-electron chi connectivity index (χ0n) is 13.6. The summed E-state index contributed by atoms with van der Waals surface area (Å²) >= 11 is 6.04. The van der Waals surface area contributed by atoms with Gasteiger partial charge in [-0.05, 0) is 29.3 Å². The minimum absolute atomic E-state index is 0.123. The predicted molar refractivity (Wildman–Crippen MR) is 101 cm³/mol. The van der Waals surface area contributed by atoms with Gasteiger partial charge < -0.3 is 10.1 Å². The lowest BCUT2D eigenvalue weighted by molar-refractivity contribution is 0.0947. The lowest BCUT2D eigenvalue weighted by Gasteiger charge is -2.11. The van der Waals surface area contributed by atoms with Crippen LogP contribution < -0.4 is 10.1 Å². The molecule has 0 spiro atoms. The molecule has 0 radical (unpaired) electrons. The van der Waals surface area contributed by atoms with Crippen molar-refractivity contribution >= 4 is 17.5 Å². The summed E-state index contributed by atoms with van der Waals surface area (Å²) in [5.74, 6) is 0.491. The first-order valence-corrected chi connectivity index (χ1v) is 8.43. The van der Waals surface area contributed by atoms with Crippen LogP contribution in [-0.4, -0.2) is 19.1 Å². The zero-order valence-corrected chi connectivity index (χ0v) is 14.4. The van der Waals surface area contributed by atoms with E-state index in [0.717, 1.165) is 11.1 Å². The Bertz CT molecular complexity index is 849. The summed E-state index contributed by atoms with van der Waals surface area (Å²) < 4.78 is 5.59. The Morgan fingerprint density at radius 2 is 1.56 bits per heavy atom. The molecule has 25 heavy (non-hydrogen) atoms. The minimum Gasteiger partial charge on any atom is -0.490 e. The van der Waals surface area contributed by atoms with Crippen molar-refractivity contribution in [2.24, 2.45) is 0 Å². The molecule has 0 unspecified atom stereocenters. The quantitative estimate of drug-likeness (QED) is 0.647. The third kappa shape index (κ3) is 4.40. The van der Waals surface area contributed by atoms with Gasteiger partial charge in [-0.2, -0.15) is 0 Å². The normalized spacial score (nSPS) is 10.3. The lowest BCUT2D eigenvalue weighted by Crippen LogP contribution is -2.28. The van der Waals surface area contributed by atoms with E-state index in [1.165, 1.54) is 0 Å². The van der Waals surface area contributed by atoms with Crippen molar-refractivity contribution in [2.45, 2.75) is 0 Å². The van der Waals surface area contributed by atoms with Gasteiger partial charge >= 0.3 is 0 Å². The molecular weight excluding hydrogens is 334 g/mol. The molecule has 3 aromatic rings. The van der Waals surface area contributed by atoms with Crippen LogP contribution in [0.3, 0.4) is 0 Å². The van der Waals surface area contributed by atoms with Crippen LogP contribution in [-0.2, 0) is 0 Å². The van der Waals surface area contributed by atoms with Crippen molar-refractivity contribution in [3.63, 3.8) is 0 Å². The Labute approximate surface area is 152 Å². The monoisotopic (exact) mass is 351 g/mol. The van der Waals surface area contributed by atoms with E-state index < -0.39 is 0 Å². The van der Waals surface area contributed by atoms with E-state index in [4.69, 9.17) is 16.3 Å². The summed E-state index contributed by atoms with van der Waals surface area (Å²) in [6, 6.07) is 24.7. The van der Waals surface area contributed by atoms with Crippen molar-refractivity contribution in [2.75, 3.05) is 13.2 Å². The van der Waals surface area contributed by atoms with E-state index in [0.29, 0.717) is 29.5 Å². The first-order chi connectivity index (χ1) is 12.3. The smallest absolute Gasteiger partial charge is 0.252 e. The van der Waals surface area contributed by atoms with Crippen LogP contribution in [0.25, 0.3) is 11.1 Å². The summed E-state index contributed by atoms with van der Waals surface area (Å²) in [5.41, 5.74) is 2.57. The maximum absolute atomic E-state index is 12.5. The van der Waals surface area contributed by atoms with Crippen LogP contribution in [0.1, 0.15) is 10.4 Å². The van der Waals surface area contributed by atoms with Gasteiger partial charge in [-0.25, -0.2) is 0 Å². The fraction of sp³-hybridized carbons (Fsp3) is 0.0952. The fourth-order valence-electron chi connectivity index (χ4n) is 2.53. The molecule has 0 heterocycles. The Hall–Kier alpha value is -2.78. The third-order valence-electron chi connectivity index (χ3n) is 3.74. The minimum atomic E-state index is -0.123. The van der Waals surface area contributed by atoms with Crippen LogP contribution in [0.4, 0.5) is 0 Å². The van der Waals surface area contributed by atoms with E-state index in [9.17, 15) is 4.79 Å². The molecule has 0 aromatic heterocycles. The molecule has 3 aromatic carbocycles. The Morgan fingerprint density at radius 3 is 2.36 bits per heavy atom. The molecule has 126 valence electrons. The number of hydrogen-bond donors (Lipinski definition) is 1. The molecule has 1 N–H and O–H groups in total. The molecule has 0 aliphatic heterocycles. The van der Waals surface area contributed by atoms with Gasteiger partial charge in [-0.15, -0.1) is 0 Å². The van der Waals surface area contributed by atoms with Crippen LogP contribution in [0.15, 0.2) is 78.9 Å². The van der Waals surface area contributed by atoms with Crippen LogP contribution >= 0.6 is 11.6 Å². The molecule has 3 rings (SSSR count). The van der Waals surface area contributed by atoms with Crippen molar-refractivity contribution < 1.29 is 9.53 Å². The number of rotatable bonds is 6. The van der Waals surface area contributed by atoms with Gasteiger partial charge in [0.2, 0.25) is 0 Å². The first kappa shape index (κ1) is 17.1. The van der Waals surface area contributed by atoms with E-state index in [-0.39, 0.29) is 5.91 Å². The molecule has 0 bridgehead atoms. The number of hydrogen-bond acceptors (Lipinski definition) is 2. The predicted octanol–water partition coefficient (Wildman–Crippen LogP) is 4.82. The molecular formula is C21H18ClNO2. The van der Waals surface area contributed by atoms with Gasteiger partial charge in [0.25, 0.3) is 5.91 Å². The van der Waals surface area contributed by atoms with Gasteiger partial charge in [0.15, 0.2) is 0 Å². The number of halogens is 1. The zero-order chi connectivity index (χ0) is 17.5. The van der Waals surface area contributed by atoms with Crippen molar-refractivity contribution in [3.8, 4) is 16.9 Å². The molecule has 0 saturated heterocycles. The molecule has 4 heteroatoms. The fourth-order valence-corrected chi connectivity index (χ4v) is 2.72. The number of para-hydroxylation sites is 1. The molecule has 0 saturated carbocycles. The second-order valence-corrected chi connectivity index (χ2v) is 5.85. The van der Waals surface area contributed by atoms with Gasteiger partial charge in [0, 0.05) is 5.56 Å². The second-order valence-electron chi connectivity index (χ2n) is 5.45. The van der Waals surface area contributed by atoms with E-state index in [2.05, 4.69) is 5.32 Å². The van der Waals surface area contributed by atoms with Crippen molar-refractivity contribution in [1.82, 2.24) is 5.32 Å². The summed E-state index contributed by atoms with van der Waals surface area (Å²) in [7, 11) is 0. The third-order valence-corrected chi connectivity index (χ3v) is 4.05. The largest absolute Gasteiger partial charge is 0.490 e. The molecule has 1 amide bonds. The van der Waals surface area contributed by atoms with Gasteiger partial charge in [0.05, 0.1) is 11.6 Å². The highest BCUT2D eigenvalue weighted by Crippen LogP contribution is 2.24. The van der Waals surface area contributed by atoms with E-state index in [1.807, 2.05) is 66.7 Å². The molecule has 3 nitrogen and oxygen atoms in total. The summed E-state index contributed by atoms with van der Waals surface area (Å²) in [6.45, 7) is 0.746. The average molecular weight is 352 g/mol. The maximum atomic E-state index is 12.5.